The summed E-state index contributed by atoms with van der Waals surface area (Å²) in [6.07, 6.45) is 12.7. The molecule has 1 aliphatic carbocycles. The lowest BCUT2D eigenvalue weighted by atomic mass is 9.88. The van der Waals surface area contributed by atoms with Crippen molar-refractivity contribution >= 4 is 35.9 Å². The second-order valence-corrected chi connectivity index (χ2v) is 20.1. The van der Waals surface area contributed by atoms with Crippen molar-refractivity contribution in [3.63, 3.8) is 0 Å². The van der Waals surface area contributed by atoms with Crippen molar-refractivity contribution in [2.45, 2.75) is 161 Å². The number of carbonyl (C=O) groups is 6. The van der Waals surface area contributed by atoms with Gasteiger partial charge in [-0.3, -0.25) is 19.4 Å². The smallest absolute Gasteiger partial charge is 0.410 e. The van der Waals surface area contributed by atoms with Crippen LogP contribution in [-0.2, 0) is 33.4 Å². The number of amides is 4. The van der Waals surface area contributed by atoms with Crippen molar-refractivity contribution in [1.82, 2.24) is 19.6 Å². The first kappa shape index (κ1) is 49.8. The van der Waals surface area contributed by atoms with Crippen molar-refractivity contribution in [2.24, 2.45) is 11.8 Å². The standard InChI is InChI=1S/C28H28N2O5.C22H34N2O5.2CH4/c31-26-25-17(11-12-18-13-14-24(27(32)33)30(18)26)6-5-15-29(25)28(34)35-16-23-21-9-3-1-7-19(21)20-8-2-4-10-22(20)23;1-21(2,3)28-19(26)16-12-11-15-10-9-14-8-7-13-23(17(14)18(25)24(15)16)20(27)29-22(4,5)6;;/h1-4,7-12,17-18,23-25H,5-6,13-16H2,(H,32,33);9-10,14-17H,7-8,11-13H2,1-6H3;2*1H4/t17-,18+,24+,25+;14-,15+,16+,17+;;/m11../s1. The lowest BCUT2D eigenvalue weighted by Gasteiger charge is -2.41. The summed E-state index contributed by atoms with van der Waals surface area (Å²) < 4.78 is 17.0. The van der Waals surface area contributed by atoms with Crippen LogP contribution in [0.5, 0.6) is 0 Å². The van der Waals surface area contributed by atoms with Crippen LogP contribution in [0.15, 0.2) is 72.8 Å². The van der Waals surface area contributed by atoms with E-state index in [1.807, 2.05) is 84.0 Å². The highest BCUT2D eigenvalue weighted by Gasteiger charge is 2.52. The Morgan fingerprint density at radius 1 is 0.606 bits per heavy atom. The fraction of sp³-hybridized carbons (Fsp3) is 0.577. The molecule has 2 aromatic rings. The molecule has 0 saturated carbocycles. The van der Waals surface area contributed by atoms with E-state index >= 15 is 0 Å². The topological polar surface area (TPSA) is 163 Å². The summed E-state index contributed by atoms with van der Waals surface area (Å²) in [5, 5.41) is 9.68. The Hall–Kier alpha value is -5.66. The van der Waals surface area contributed by atoms with E-state index in [2.05, 4.69) is 30.3 Å². The number of carbonyl (C=O) groups excluding carboxylic acids is 5. The average molecular weight is 911 g/mol. The molecular formula is C52H70N4O10. The van der Waals surface area contributed by atoms with Gasteiger partial charge in [0.05, 0.1) is 12.1 Å². The van der Waals surface area contributed by atoms with Gasteiger partial charge in [-0.2, -0.15) is 0 Å². The Kier molecular flexibility index (Phi) is 14.8. The molecule has 0 spiro atoms. The molecule has 4 amide bonds. The number of fused-ring (bicyclic) bond motifs is 7. The minimum atomic E-state index is -0.990. The van der Waals surface area contributed by atoms with Crippen LogP contribution in [-0.4, -0.2) is 128 Å². The first-order chi connectivity index (χ1) is 30.4. The first-order valence-electron chi connectivity index (χ1n) is 23.0. The SMILES string of the molecule is C.C.CC(C)(C)OC(=O)[C@@H]1CC[C@@H]2C=C[C@H]3CCCN(C(=O)OC(C)(C)C)[C@@H]3C(=O)N21.O=C(O)[C@@H]1CC[C@@H]2C=C[C@H]3CCCN(C(=O)OCC4c5ccccc5-c5ccccc54)[C@@H]3C(=O)N21. The predicted octanol–water partition coefficient (Wildman–Crippen LogP) is 8.58. The Labute approximate surface area is 390 Å². The number of piperidine rings is 2. The summed E-state index contributed by atoms with van der Waals surface area (Å²) in [4.78, 5) is 84.4. The third-order valence-corrected chi connectivity index (χ3v) is 13.6. The van der Waals surface area contributed by atoms with Crippen molar-refractivity contribution < 1.29 is 48.1 Å². The number of hydrogen-bond donors (Lipinski definition) is 1. The van der Waals surface area contributed by atoms with Crippen molar-refractivity contribution in [3.05, 3.63) is 84.0 Å². The van der Waals surface area contributed by atoms with Crippen molar-refractivity contribution in [2.75, 3.05) is 19.7 Å². The van der Waals surface area contributed by atoms with Crippen LogP contribution in [0.2, 0.25) is 0 Å². The van der Waals surface area contributed by atoms with E-state index in [0.717, 1.165) is 54.4 Å². The van der Waals surface area contributed by atoms with Gasteiger partial charge in [0.2, 0.25) is 11.8 Å². The van der Waals surface area contributed by atoms with Gasteiger partial charge in [0.1, 0.15) is 42.0 Å². The van der Waals surface area contributed by atoms with Gasteiger partial charge in [-0.05, 0) is 115 Å². The zero-order chi connectivity index (χ0) is 45.7. The van der Waals surface area contributed by atoms with E-state index in [4.69, 9.17) is 14.2 Å². The van der Waals surface area contributed by atoms with Gasteiger partial charge in [-0.1, -0.05) is 87.7 Å². The molecule has 0 aromatic heterocycles. The van der Waals surface area contributed by atoms with Gasteiger partial charge < -0.3 is 29.1 Å². The van der Waals surface area contributed by atoms with E-state index in [1.165, 1.54) is 9.80 Å². The van der Waals surface area contributed by atoms with Crippen LogP contribution in [0.1, 0.15) is 125 Å². The number of carboxylic acids is 1. The summed E-state index contributed by atoms with van der Waals surface area (Å²) in [5.74, 6) is -2.07. The zero-order valence-electron chi connectivity index (χ0n) is 37.8. The number of carboxylic acid groups (broad SMARTS) is 1. The number of hydrogen-bond acceptors (Lipinski definition) is 9. The molecule has 0 radical (unpaired) electrons. The second-order valence-electron chi connectivity index (χ2n) is 20.1. The number of benzene rings is 2. The number of aliphatic carboxylic acids is 1. The van der Waals surface area contributed by atoms with Crippen molar-refractivity contribution in [3.8, 4) is 11.1 Å². The molecular weight excluding hydrogens is 841 g/mol. The molecule has 4 fully saturated rings. The molecule has 0 bridgehead atoms. The molecule has 9 rings (SSSR count). The molecule has 7 aliphatic rings. The maximum atomic E-state index is 13.7. The summed E-state index contributed by atoms with van der Waals surface area (Å²) in [6.45, 7) is 12.0. The zero-order valence-corrected chi connectivity index (χ0v) is 37.8. The molecule has 14 nitrogen and oxygen atoms in total. The molecule has 6 aliphatic heterocycles. The molecule has 358 valence electrons. The highest BCUT2D eigenvalue weighted by atomic mass is 16.6. The predicted molar refractivity (Wildman–Crippen MR) is 250 cm³/mol. The number of rotatable bonds is 4. The largest absolute Gasteiger partial charge is 0.480 e. The molecule has 1 N–H and O–H groups in total. The lowest BCUT2D eigenvalue weighted by Crippen LogP contribution is -2.59. The van der Waals surface area contributed by atoms with Crippen molar-refractivity contribution in [1.29, 1.82) is 0 Å². The molecule has 66 heavy (non-hydrogen) atoms. The quantitative estimate of drug-likeness (QED) is 0.179. The fourth-order valence-corrected chi connectivity index (χ4v) is 10.9. The van der Waals surface area contributed by atoms with Gasteiger partial charge >= 0.3 is 24.1 Å². The van der Waals surface area contributed by atoms with Crippen LogP contribution < -0.4 is 0 Å². The molecule has 0 unspecified atom stereocenters. The second kappa shape index (κ2) is 19.7. The third-order valence-electron chi connectivity index (χ3n) is 13.6. The van der Waals surface area contributed by atoms with E-state index < -0.39 is 53.5 Å². The molecule has 6 heterocycles. The average Bonchev–Trinajstić information content (AvgIpc) is 3.92. The lowest BCUT2D eigenvalue weighted by molar-refractivity contribution is -0.165. The van der Waals surface area contributed by atoms with E-state index in [-0.39, 0.29) is 69.1 Å². The Bertz CT molecular complexity index is 2180. The van der Waals surface area contributed by atoms with Crippen LogP contribution in [0.4, 0.5) is 9.59 Å². The van der Waals surface area contributed by atoms with Crippen LogP contribution in [0.25, 0.3) is 11.1 Å². The summed E-state index contributed by atoms with van der Waals surface area (Å²) in [6, 6.07) is 13.2. The first-order valence-corrected chi connectivity index (χ1v) is 23.0. The van der Waals surface area contributed by atoms with Gasteiger partial charge in [0.15, 0.2) is 0 Å². The van der Waals surface area contributed by atoms with Crippen LogP contribution in [0.3, 0.4) is 0 Å². The Morgan fingerprint density at radius 2 is 1.06 bits per heavy atom. The number of ether oxygens (including phenoxy) is 3. The molecule has 4 saturated heterocycles. The van der Waals surface area contributed by atoms with Gasteiger partial charge in [-0.25, -0.2) is 19.2 Å². The third kappa shape index (κ3) is 9.88. The minimum Gasteiger partial charge on any atom is -0.480 e. The van der Waals surface area contributed by atoms with Crippen LogP contribution >= 0.6 is 0 Å². The van der Waals surface area contributed by atoms with E-state index in [1.54, 1.807) is 9.80 Å². The summed E-state index contributed by atoms with van der Waals surface area (Å²) >= 11 is 0. The minimum absolute atomic E-state index is 0. The maximum Gasteiger partial charge on any atom is 0.410 e. The van der Waals surface area contributed by atoms with Crippen LogP contribution in [0, 0.1) is 11.8 Å². The van der Waals surface area contributed by atoms with E-state index in [0.29, 0.717) is 32.4 Å². The van der Waals surface area contributed by atoms with E-state index in [9.17, 15) is 33.9 Å². The highest BCUT2D eigenvalue weighted by Crippen LogP contribution is 2.45. The Morgan fingerprint density at radius 3 is 1.55 bits per heavy atom. The fourth-order valence-electron chi connectivity index (χ4n) is 10.9. The molecule has 8 atom stereocenters. The monoisotopic (exact) mass is 911 g/mol. The highest BCUT2D eigenvalue weighted by molar-refractivity contribution is 5.93. The van der Waals surface area contributed by atoms with Gasteiger partial charge in [-0.15, -0.1) is 0 Å². The Balaban J connectivity index is 0.000000216. The summed E-state index contributed by atoms with van der Waals surface area (Å²) in [5.41, 5.74) is 3.34. The normalized spacial score (nSPS) is 27.4. The number of nitrogens with zero attached hydrogens (tertiary/aromatic N) is 4. The maximum absolute atomic E-state index is 13.7. The number of likely N-dealkylation sites (tertiary alicyclic amines) is 2. The number of esters is 1. The van der Waals surface area contributed by atoms with Gasteiger partial charge in [0.25, 0.3) is 0 Å². The molecule has 14 heteroatoms. The summed E-state index contributed by atoms with van der Waals surface area (Å²) in [7, 11) is 0. The molecule has 2 aromatic carbocycles. The van der Waals surface area contributed by atoms with Gasteiger partial charge in [0, 0.05) is 30.8 Å².